The molecule has 1 aliphatic heterocycles. The predicted octanol–water partition coefficient (Wildman–Crippen LogP) is 2.16. The van der Waals surface area contributed by atoms with Crippen molar-refractivity contribution in [1.29, 1.82) is 0 Å². The highest BCUT2D eigenvalue weighted by atomic mass is 19.3. The SMILES string of the molecule is Cc1nc(N2CCC(F)(F)CC2)ncc1F. The standard InChI is InChI=1S/C10H12F3N3/c1-7-8(11)6-14-9(15-7)16-4-2-10(12,13)3-5-16/h6H,2-5H2,1H3. The maximum Gasteiger partial charge on any atom is 0.251 e. The molecule has 6 heteroatoms. The van der Waals surface area contributed by atoms with Gasteiger partial charge in [0.25, 0.3) is 5.92 Å². The molecule has 1 fully saturated rings. The van der Waals surface area contributed by atoms with E-state index < -0.39 is 11.7 Å². The molecule has 2 heterocycles. The molecule has 0 unspecified atom stereocenters. The van der Waals surface area contributed by atoms with Gasteiger partial charge in [-0.05, 0) is 6.92 Å². The second-order valence-electron chi connectivity index (χ2n) is 3.95. The summed E-state index contributed by atoms with van der Waals surface area (Å²) in [6.07, 6.45) is 0.671. The van der Waals surface area contributed by atoms with Gasteiger partial charge in [0.05, 0.1) is 11.9 Å². The highest BCUT2D eigenvalue weighted by Crippen LogP contribution is 2.29. The number of nitrogens with zero attached hydrogens (tertiary/aromatic N) is 3. The number of halogens is 3. The van der Waals surface area contributed by atoms with Crippen LogP contribution in [0, 0.1) is 12.7 Å². The first-order chi connectivity index (χ1) is 7.48. The van der Waals surface area contributed by atoms with Crippen LogP contribution in [0.5, 0.6) is 0 Å². The third-order valence-corrected chi connectivity index (χ3v) is 2.68. The lowest BCUT2D eigenvalue weighted by Gasteiger charge is -2.31. The first-order valence-electron chi connectivity index (χ1n) is 5.10. The smallest absolute Gasteiger partial charge is 0.251 e. The third kappa shape index (κ3) is 2.25. The predicted molar refractivity (Wildman–Crippen MR) is 53.1 cm³/mol. The van der Waals surface area contributed by atoms with E-state index in [1.807, 2.05) is 0 Å². The quantitative estimate of drug-likeness (QED) is 0.741. The Hall–Kier alpha value is -1.33. The minimum Gasteiger partial charge on any atom is -0.340 e. The monoisotopic (exact) mass is 231 g/mol. The van der Waals surface area contributed by atoms with Crippen molar-refractivity contribution in [2.24, 2.45) is 0 Å². The van der Waals surface area contributed by atoms with E-state index in [1.54, 1.807) is 4.90 Å². The van der Waals surface area contributed by atoms with Crippen LogP contribution in [0.4, 0.5) is 19.1 Å². The van der Waals surface area contributed by atoms with E-state index in [2.05, 4.69) is 9.97 Å². The average molecular weight is 231 g/mol. The molecule has 0 bridgehead atoms. The summed E-state index contributed by atoms with van der Waals surface area (Å²) in [5.74, 6) is -2.74. The molecule has 16 heavy (non-hydrogen) atoms. The van der Waals surface area contributed by atoms with Gasteiger partial charge in [-0.15, -0.1) is 0 Å². The molecule has 0 saturated carbocycles. The molecular formula is C10H12F3N3. The van der Waals surface area contributed by atoms with Gasteiger partial charge in [-0.3, -0.25) is 0 Å². The number of aromatic nitrogens is 2. The lowest BCUT2D eigenvalue weighted by molar-refractivity contribution is -0.0222. The first kappa shape index (κ1) is 11.2. The van der Waals surface area contributed by atoms with Crippen molar-refractivity contribution < 1.29 is 13.2 Å². The maximum absolute atomic E-state index is 12.9. The average Bonchev–Trinajstić information content (AvgIpc) is 2.22. The molecule has 1 saturated heterocycles. The van der Waals surface area contributed by atoms with Gasteiger partial charge in [0.1, 0.15) is 0 Å². The topological polar surface area (TPSA) is 29.0 Å². The van der Waals surface area contributed by atoms with E-state index in [1.165, 1.54) is 6.92 Å². The molecule has 0 aliphatic carbocycles. The number of rotatable bonds is 1. The highest BCUT2D eigenvalue weighted by Gasteiger charge is 2.34. The number of hydrogen-bond acceptors (Lipinski definition) is 3. The number of hydrogen-bond donors (Lipinski definition) is 0. The van der Waals surface area contributed by atoms with Gasteiger partial charge in [0, 0.05) is 25.9 Å². The summed E-state index contributed by atoms with van der Waals surface area (Å²) in [4.78, 5) is 9.40. The van der Waals surface area contributed by atoms with Crippen molar-refractivity contribution >= 4 is 5.95 Å². The van der Waals surface area contributed by atoms with Crippen LogP contribution in [-0.4, -0.2) is 29.0 Å². The molecule has 1 aliphatic rings. The molecule has 0 radical (unpaired) electrons. The van der Waals surface area contributed by atoms with Crippen LogP contribution in [-0.2, 0) is 0 Å². The van der Waals surface area contributed by atoms with Gasteiger partial charge >= 0.3 is 0 Å². The summed E-state index contributed by atoms with van der Waals surface area (Å²) in [6.45, 7) is 1.94. The molecule has 0 atom stereocenters. The Labute approximate surface area is 91.3 Å². The van der Waals surface area contributed by atoms with E-state index in [9.17, 15) is 13.2 Å². The second-order valence-corrected chi connectivity index (χ2v) is 3.95. The van der Waals surface area contributed by atoms with Crippen molar-refractivity contribution in [3.8, 4) is 0 Å². The maximum atomic E-state index is 12.9. The zero-order valence-corrected chi connectivity index (χ0v) is 8.88. The van der Waals surface area contributed by atoms with E-state index in [0.717, 1.165) is 6.20 Å². The Morgan fingerprint density at radius 3 is 2.50 bits per heavy atom. The minimum atomic E-state index is -2.59. The van der Waals surface area contributed by atoms with Crippen LogP contribution < -0.4 is 4.90 Å². The van der Waals surface area contributed by atoms with E-state index in [0.29, 0.717) is 5.95 Å². The molecule has 0 aromatic carbocycles. The first-order valence-corrected chi connectivity index (χ1v) is 5.10. The van der Waals surface area contributed by atoms with Gasteiger partial charge in [0.15, 0.2) is 5.82 Å². The zero-order chi connectivity index (χ0) is 11.8. The van der Waals surface area contributed by atoms with Gasteiger partial charge in [-0.2, -0.15) is 0 Å². The summed E-state index contributed by atoms with van der Waals surface area (Å²) < 4.78 is 38.7. The summed E-state index contributed by atoms with van der Waals surface area (Å²) in [7, 11) is 0. The van der Waals surface area contributed by atoms with Crippen LogP contribution in [0.1, 0.15) is 18.5 Å². The Morgan fingerprint density at radius 2 is 1.94 bits per heavy atom. The van der Waals surface area contributed by atoms with Crippen molar-refractivity contribution in [3.63, 3.8) is 0 Å². The highest BCUT2D eigenvalue weighted by molar-refractivity contribution is 5.31. The van der Waals surface area contributed by atoms with Crippen LogP contribution in [0.25, 0.3) is 0 Å². The molecule has 88 valence electrons. The van der Waals surface area contributed by atoms with Gasteiger partial charge in [-0.1, -0.05) is 0 Å². The fourth-order valence-corrected chi connectivity index (χ4v) is 1.63. The lowest BCUT2D eigenvalue weighted by Crippen LogP contribution is -2.40. The zero-order valence-electron chi connectivity index (χ0n) is 8.88. The number of anilines is 1. The Morgan fingerprint density at radius 1 is 1.31 bits per heavy atom. The number of aryl methyl sites for hydroxylation is 1. The van der Waals surface area contributed by atoms with E-state index in [4.69, 9.17) is 0 Å². The minimum absolute atomic E-state index is 0.202. The molecule has 2 rings (SSSR count). The van der Waals surface area contributed by atoms with Gasteiger partial charge < -0.3 is 4.90 Å². The Kier molecular flexibility index (Phi) is 2.73. The second kappa shape index (κ2) is 3.92. The van der Waals surface area contributed by atoms with Crippen molar-refractivity contribution in [1.82, 2.24) is 9.97 Å². The molecule has 3 nitrogen and oxygen atoms in total. The van der Waals surface area contributed by atoms with E-state index >= 15 is 0 Å². The van der Waals surface area contributed by atoms with E-state index in [-0.39, 0.29) is 31.6 Å². The normalized spacial score (nSPS) is 19.9. The molecule has 0 N–H and O–H groups in total. The van der Waals surface area contributed by atoms with Crippen LogP contribution in [0.15, 0.2) is 6.20 Å². The fourth-order valence-electron chi connectivity index (χ4n) is 1.63. The summed E-state index contributed by atoms with van der Waals surface area (Å²) in [6, 6.07) is 0. The summed E-state index contributed by atoms with van der Waals surface area (Å²) >= 11 is 0. The van der Waals surface area contributed by atoms with Crippen molar-refractivity contribution in [3.05, 3.63) is 17.7 Å². The van der Waals surface area contributed by atoms with Crippen molar-refractivity contribution in [2.45, 2.75) is 25.7 Å². The summed E-state index contributed by atoms with van der Waals surface area (Å²) in [5.41, 5.74) is 0.238. The number of piperidine rings is 1. The lowest BCUT2D eigenvalue weighted by atomic mass is 10.1. The van der Waals surface area contributed by atoms with Crippen LogP contribution in [0.3, 0.4) is 0 Å². The molecule has 0 spiro atoms. The molecule has 1 aromatic rings. The van der Waals surface area contributed by atoms with Gasteiger partial charge in [-0.25, -0.2) is 23.1 Å². The van der Waals surface area contributed by atoms with Gasteiger partial charge in [0.2, 0.25) is 5.95 Å². The Balaban J connectivity index is 2.11. The van der Waals surface area contributed by atoms with Crippen LogP contribution in [0.2, 0.25) is 0 Å². The third-order valence-electron chi connectivity index (χ3n) is 2.68. The molecule has 0 amide bonds. The Bertz CT molecular complexity index is 385. The van der Waals surface area contributed by atoms with Crippen LogP contribution >= 0.6 is 0 Å². The van der Waals surface area contributed by atoms with Crippen molar-refractivity contribution in [2.75, 3.05) is 18.0 Å². The largest absolute Gasteiger partial charge is 0.340 e. The summed E-state index contributed by atoms with van der Waals surface area (Å²) in [5, 5.41) is 0. The fraction of sp³-hybridized carbons (Fsp3) is 0.600. The molecule has 1 aromatic heterocycles. The molecular weight excluding hydrogens is 219 g/mol. The number of alkyl halides is 2.